The molecule has 0 aromatic carbocycles. The van der Waals surface area contributed by atoms with Crippen LogP contribution in [0, 0.1) is 0 Å². The highest BCUT2D eigenvalue weighted by molar-refractivity contribution is 8.01. The minimum absolute atomic E-state index is 0. The van der Waals surface area contributed by atoms with Crippen molar-refractivity contribution >= 4 is 54.0 Å². The van der Waals surface area contributed by atoms with Crippen molar-refractivity contribution in [1.82, 2.24) is 9.80 Å². The Hall–Kier alpha value is -0.660. The Bertz CT molecular complexity index is 567. The lowest BCUT2D eigenvalue weighted by atomic mass is 9.82. The molecule has 1 N–H and O–H groups in total. The van der Waals surface area contributed by atoms with Crippen LogP contribution in [-0.2, 0) is 9.59 Å². The van der Waals surface area contributed by atoms with E-state index in [9.17, 15) is 14.7 Å². The number of likely N-dealkylation sites (tertiary alicyclic amines) is 1. The van der Waals surface area contributed by atoms with Gasteiger partial charge in [-0.3, -0.25) is 9.79 Å². The number of hydrogen-bond donors (Lipinski definition) is 1. The van der Waals surface area contributed by atoms with E-state index in [4.69, 9.17) is 11.6 Å². The Morgan fingerprint density at radius 1 is 1.36 bits per heavy atom. The summed E-state index contributed by atoms with van der Waals surface area (Å²) in [6.45, 7) is 5.63. The van der Waals surface area contributed by atoms with Crippen LogP contribution >= 0.6 is 35.8 Å². The number of hydrogen-bond acceptors (Lipinski definition) is 4. The molecule has 3 saturated heterocycles. The molecule has 142 valence electrons. The summed E-state index contributed by atoms with van der Waals surface area (Å²) >= 11 is 7.52. The lowest BCUT2D eigenvalue weighted by Crippen LogP contribution is -2.72. The zero-order valence-corrected chi connectivity index (χ0v) is 16.9. The molecule has 3 atom stereocenters. The van der Waals surface area contributed by atoms with Gasteiger partial charge >= 0.3 is 5.97 Å². The van der Waals surface area contributed by atoms with Crippen LogP contribution in [0.25, 0.3) is 0 Å². The minimum Gasteiger partial charge on any atom is -0.479 e. The third-order valence-corrected chi connectivity index (χ3v) is 7.44. The monoisotopic (exact) mass is 409 g/mol. The van der Waals surface area contributed by atoms with Gasteiger partial charge in [-0.15, -0.1) is 35.8 Å². The lowest BCUT2D eigenvalue weighted by molar-refractivity contribution is -0.167. The summed E-state index contributed by atoms with van der Waals surface area (Å²) in [5, 5.41) is 9.51. The number of β-lactam (4-membered cyclic amide) rings is 1. The molecule has 0 radical (unpaired) electrons. The maximum absolute atomic E-state index is 12.6. The highest BCUT2D eigenvalue weighted by atomic mass is 35.5. The van der Waals surface area contributed by atoms with Crippen LogP contribution in [0.15, 0.2) is 4.99 Å². The summed E-state index contributed by atoms with van der Waals surface area (Å²) in [6.07, 6.45) is 6.57. The first-order valence-corrected chi connectivity index (χ1v) is 9.84. The molecule has 0 bridgehead atoms. The minimum atomic E-state index is -1.37. The zero-order chi connectivity index (χ0) is 17.5. The van der Waals surface area contributed by atoms with E-state index in [1.165, 1.54) is 29.5 Å². The van der Waals surface area contributed by atoms with Gasteiger partial charge in [0.05, 0.1) is 12.2 Å². The predicted molar refractivity (Wildman–Crippen MR) is 103 cm³/mol. The maximum atomic E-state index is 12.6. The topological polar surface area (TPSA) is 73.2 Å². The fourth-order valence-corrected chi connectivity index (χ4v) is 6.24. The van der Waals surface area contributed by atoms with Gasteiger partial charge < -0.3 is 14.9 Å². The normalized spacial score (nSPS) is 34.3. The predicted octanol–water partition coefficient (Wildman–Crippen LogP) is 2.44. The quantitative estimate of drug-likeness (QED) is 0.334. The number of alkyl halides is 1. The fourth-order valence-electron chi connectivity index (χ4n) is 3.82. The summed E-state index contributed by atoms with van der Waals surface area (Å²) < 4.78 is -0.659. The number of rotatable bonds is 4. The summed E-state index contributed by atoms with van der Waals surface area (Å²) in [6, 6.07) is -0.498. The van der Waals surface area contributed by atoms with E-state index in [1.54, 1.807) is 6.34 Å². The van der Waals surface area contributed by atoms with Crippen LogP contribution in [0.3, 0.4) is 0 Å². The van der Waals surface area contributed by atoms with Crippen LogP contribution in [-0.4, -0.2) is 73.8 Å². The highest BCUT2D eigenvalue weighted by Gasteiger charge is 2.72. The molecule has 1 amide bonds. The number of aliphatic carboxylic acids is 1. The third kappa shape index (κ3) is 3.12. The van der Waals surface area contributed by atoms with Gasteiger partial charge in [-0.25, -0.2) is 4.79 Å². The molecule has 0 spiro atoms. The second-order valence-electron chi connectivity index (χ2n) is 7.19. The molecule has 3 heterocycles. The molecule has 0 saturated carbocycles. The first-order valence-electron chi connectivity index (χ1n) is 8.43. The van der Waals surface area contributed by atoms with Gasteiger partial charge in [0.1, 0.15) is 5.37 Å². The Labute approximate surface area is 163 Å². The number of aliphatic imine (C=N–C) groups is 1. The van der Waals surface area contributed by atoms with Crippen molar-refractivity contribution in [1.29, 1.82) is 0 Å². The number of halogens is 2. The summed E-state index contributed by atoms with van der Waals surface area (Å²) in [5.41, 5.74) is -1.37. The second-order valence-corrected chi connectivity index (χ2v) is 9.19. The summed E-state index contributed by atoms with van der Waals surface area (Å²) in [5.74, 6) is -1.39. The van der Waals surface area contributed by atoms with Crippen molar-refractivity contribution in [2.24, 2.45) is 4.99 Å². The summed E-state index contributed by atoms with van der Waals surface area (Å²) in [4.78, 5) is 32.6. The number of carboxylic acids is 1. The van der Waals surface area contributed by atoms with Crippen molar-refractivity contribution in [3.63, 3.8) is 0 Å². The van der Waals surface area contributed by atoms with E-state index in [2.05, 4.69) is 9.89 Å². The summed E-state index contributed by atoms with van der Waals surface area (Å²) in [7, 11) is 0. The molecule has 1 unspecified atom stereocenters. The second kappa shape index (κ2) is 7.53. The van der Waals surface area contributed by atoms with E-state index >= 15 is 0 Å². The third-order valence-electron chi connectivity index (χ3n) is 5.42. The fraction of sp³-hybridized carbons (Fsp3) is 0.812. The van der Waals surface area contributed by atoms with Crippen LogP contribution in [0.1, 0.15) is 39.5 Å². The van der Waals surface area contributed by atoms with E-state index in [1.807, 2.05) is 13.8 Å². The van der Waals surface area contributed by atoms with Crippen molar-refractivity contribution in [2.45, 2.75) is 61.2 Å². The number of carbonyl (C=O) groups excluding carboxylic acids is 1. The van der Waals surface area contributed by atoms with E-state index < -0.39 is 22.3 Å². The molecule has 0 aliphatic carbocycles. The molecular formula is C16H25Cl2N3O3S. The Balaban J connectivity index is 0.00000225. The van der Waals surface area contributed by atoms with Crippen LogP contribution in [0.2, 0.25) is 0 Å². The van der Waals surface area contributed by atoms with Crippen LogP contribution in [0.4, 0.5) is 0 Å². The van der Waals surface area contributed by atoms with Gasteiger partial charge in [-0.2, -0.15) is 0 Å². The molecule has 25 heavy (non-hydrogen) atoms. The van der Waals surface area contributed by atoms with Crippen molar-refractivity contribution in [3.05, 3.63) is 0 Å². The number of carboxylic acid groups (broad SMARTS) is 1. The Kier molecular flexibility index (Phi) is 6.22. The highest BCUT2D eigenvalue weighted by Crippen LogP contribution is 2.57. The number of carbonyl (C=O) groups is 2. The van der Waals surface area contributed by atoms with Crippen LogP contribution in [0.5, 0.6) is 0 Å². The van der Waals surface area contributed by atoms with Gasteiger partial charge in [-0.05, 0) is 26.7 Å². The van der Waals surface area contributed by atoms with Gasteiger partial charge in [0, 0.05) is 17.8 Å². The van der Waals surface area contributed by atoms with E-state index in [-0.39, 0.29) is 29.6 Å². The molecule has 3 aliphatic heterocycles. The zero-order valence-electron chi connectivity index (χ0n) is 14.5. The van der Waals surface area contributed by atoms with Crippen LogP contribution < -0.4 is 0 Å². The maximum Gasteiger partial charge on any atom is 0.332 e. The lowest BCUT2D eigenvalue weighted by Gasteiger charge is -2.47. The van der Waals surface area contributed by atoms with Crippen molar-refractivity contribution in [3.8, 4) is 0 Å². The first-order chi connectivity index (χ1) is 11.3. The number of fused-ring (bicyclic) bond motifs is 1. The van der Waals surface area contributed by atoms with Gasteiger partial charge in [0.15, 0.2) is 11.6 Å². The Morgan fingerprint density at radius 3 is 2.48 bits per heavy atom. The molecule has 3 aliphatic rings. The van der Waals surface area contributed by atoms with E-state index in [0.717, 1.165) is 25.9 Å². The average molecular weight is 410 g/mol. The average Bonchev–Trinajstić information content (AvgIpc) is 2.68. The van der Waals surface area contributed by atoms with Crippen molar-refractivity contribution < 1.29 is 14.7 Å². The molecule has 0 aromatic heterocycles. The van der Waals surface area contributed by atoms with Crippen molar-refractivity contribution in [2.75, 3.05) is 19.0 Å². The molecule has 9 heteroatoms. The Morgan fingerprint density at radius 2 is 1.96 bits per heavy atom. The largest absolute Gasteiger partial charge is 0.479 e. The van der Waals surface area contributed by atoms with E-state index in [0.29, 0.717) is 0 Å². The number of nitrogens with zero attached hydrogens (tertiary/aromatic N) is 3. The number of amides is 1. The molecular weight excluding hydrogens is 385 g/mol. The molecule has 6 nitrogen and oxygen atoms in total. The number of thioether (sulfide) groups is 1. The molecule has 3 fully saturated rings. The smallest absolute Gasteiger partial charge is 0.332 e. The standard InChI is InChI=1S/C16H24ClN3O3S.ClH/c1-15(2)16(9-17,14(22)23)20-12(21)11(13(20)24-15)18-10-19-7-5-3-4-6-8-19;/h10-11,13H,3-9H2,1-2H3,(H,22,23);1H/b18-10+;/t11?,13-,16+;/m1./s1. The molecule has 3 rings (SSSR count). The first kappa shape index (κ1) is 20.6. The van der Waals surface area contributed by atoms with Gasteiger partial charge in [-0.1, -0.05) is 12.8 Å². The van der Waals surface area contributed by atoms with Gasteiger partial charge in [0.2, 0.25) is 0 Å². The van der Waals surface area contributed by atoms with Gasteiger partial charge in [0.25, 0.3) is 5.91 Å². The molecule has 0 aromatic rings. The SMILES string of the molecule is CC1(C)S[C@@H]2C(/N=C/N3CCCCCC3)C(=O)N2[C@@]1(CCl)C(=O)O.Cl.